The molecule has 1 fully saturated rings. The summed E-state index contributed by atoms with van der Waals surface area (Å²) in [6, 6.07) is 0. The molecule has 1 aliphatic rings. The molecular weight excluding hydrogens is 212 g/mol. The maximum atomic E-state index is 10.7. The highest BCUT2D eigenvalue weighted by Gasteiger charge is 2.47. The van der Waals surface area contributed by atoms with Crippen LogP contribution in [0.4, 0.5) is 0 Å². The maximum Gasteiger partial charge on any atom is 0.302 e. The Balaban J connectivity index is 2.44. The molecule has 2 heteroatoms. The second-order valence-corrected chi connectivity index (χ2v) is 5.79. The molecular formula is C15H26O2. The summed E-state index contributed by atoms with van der Waals surface area (Å²) < 4.78 is 5.03. The predicted molar refractivity (Wildman–Crippen MR) is 70.7 cm³/mol. The normalized spacial score (nSPS) is 27.5. The lowest BCUT2D eigenvalue weighted by Gasteiger charge is -2.53. The number of carbonyl (C=O) groups is 1. The van der Waals surface area contributed by atoms with E-state index in [0.717, 1.165) is 12.8 Å². The second-order valence-electron chi connectivity index (χ2n) is 5.79. The highest BCUT2D eigenvalue weighted by Crippen LogP contribution is 2.55. The fourth-order valence-electron chi connectivity index (χ4n) is 3.09. The van der Waals surface area contributed by atoms with Crippen molar-refractivity contribution in [3.05, 3.63) is 11.6 Å². The smallest absolute Gasteiger partial charge is 0.302 e. The van der Waals surface area contributed by atoms with Crippen molar-refractivity contribution in [2.75, 3.05) is 6.61 Å². The minimum atomic E-state index is -0.166. The molecule has 0 aromatic carbocycles. The Hall–Kier alpha value is -0.790. The van der Waals surface area contributed by atoms with E-state index in [1.165, 1.54) is 18.9 Å². The number of allylic oxidation sites excluding steroid dienone is 2. The van der Waals surface area contributed by atoms with Gasteiger partial charge in [0.05, 0.1) is 6.61 Å². The zero-order valence-electron chi connectivity index (χ0n) is 11.9. The zero-order valence-corrected chi connectivity index (χ0v) is 11.9. The molecule has 0 unspecified atom stereocenters. The Morgan fingerprint density at radius 3 is 2.53 bits per heavy atom. The van der Waals surface area contributed by atoms with Crippen LogP contribution in [0.1, 0.15) is 53.9 Å². The van der Waals surface area contributed by atoms with Gasteiger partial charge in [0.25, 0.3) is 0 Å². The number of carbonyl (C=O) groups excluding carboxylic acids is 1. The Bertz CT molecular complexity index is 302. The number of hydrogen-bond acceptors (Lipinski definition) is 2. The van der Waals surface area contributed by atoms with Crippen LogP contribution < -0.4 is 0 Å². The summed E-state index contributed by atoms with van der Waals surface area (Å²) in [4.78, 5) is 10.7. The molecule has 0 spiro atoms. The summed E-state index contributed by atoms with van der Waals surface area (Å²) in [6.07, 6.45) is 5.71. The van der Waals surface area contributed by atoms with Gasteiger partial charge in [-0.3, -0.25) is 4.79 Å². The van der Waals surface area contributed by atoms with Crippen LogP contribution >= 0.6 is 0 Å². The Morgan fingerprint density at radius 2 is 2.06 bits per heavy atom. The molecule has 1 aliphatic carbocycles. The van der Waals surface area contributed by atoms with E-state index in [0.29, 0.717) is 23.9 Å². The molecule has 0 aromatic rings. The van der Waals surface area contributed by atoms with Gasteiger partial charge < -0.3 is 4.74 Å². The van der Waals surface area contributed by atoms with Crippen molar-refractivity contribution < 1.29 is 9.53 Å². The molecule has 1 rings (SSSR count). The van der Waals surface area contributed by atoms with E-state index in [1.54, 1.807) is 0 Å². The molecule has 0 aliphatic heterocycles. The third kappa shape index (κ3) is 3.34. The Labute approximate surface area is 105 Å². The van der Waals surface area contributed by atoms with E-state index >= 15 is 0 Å². The SMILES string of the molecule is CC/C=C(\C)[C@H]1C[C@@H](CCOC(C)=O)C1(C)C. The summed E-state index contributed by atoms with van der Waals surface area (Å²) in [5, 5.41) is 0. The molecule has 0 bridgehead atoms. The topological polar surface area (TPSA) is 26.3 Å². The fourth-order valence-corrected chi connectivity index (χ4v) is 3.09. The van der Waals surface area contributed by atoms with Crippen LogP contribution in [0.15, 0.2) is 11.6 Å². The first-order valence-corrected chi connectivity index (χ1v) is 6.69. The van der Waals surface area contributed by atoms with E-state index in [2.05, 4.69) is 33.8 Å². The van der Waals surface area contributed by atoms with Crippen LogP contribution in [0.5, 0.6) is 0 Å². The summed E-state index contributed by atoms with van der Waals surface area (Å²) >= 11 is 0. The molecule has 98 valence electrons. The summed E-state index contributed by atoms with van der Waals surface area (Å²) in [5.41, 5.74) is 1.89. The standard InChI is InChI=1S/C15H26O2/c1-6-7-11(2)14-10-13(15(14,4)5)8-9-17-12(3)16/h7,13-14H,6,8-10H2,1-5H3/b11-7+/t13-,14-/m1/s1. The van der Waals surface area contributed by atoms with Crippen molar-refractivity contribution >= 4 is 5.97 Å². The second kappa shape index (κ2) is 5.70. The summed E-state index contributed by atoms with van der Waals surface area (Å²) in [6.45, 7) is 11.2. The van der Waals surface area contributed by atoms with E-state index in [9.17, 15) is 4.79 Å². The fraction of sp³-hybridized carbons (Fsp3) is 0.800. The van der Waals surface area contributed by atoms with Crippen LogP contribution in [-0.4, -0.2) is 12.6 Å². The van der Waals surface area contributed by atoms with Crippen molar-refractivity contribution in [2.24, 2.45) is 17.3 Å². The number of ether oxygens (including phenoxy) is 1. The number of esters is 1. The van der Waals surface area contributed by atoms with Crippen LogP contribution in [-0.2, 0) is 9.53 Å². The molecule has 0 radical (unpaired) electrons. The van der Waals surface area contributed by atoms with Gasteiger partial charge in [0, 0.05) is 6.92 Å². The number of rotatable bonds is 5. The molecule has 0 amide bonds. The Morgan fingerprint density at radius 1 is 1.41 bits per heavy atom. The van der Waals surface area contributed by atoms with Gasteiger partial charge in [-0.15, -0.1) is 0 Å². The van der Waals surface area contributed by atoms with Crippen LogP contribution in [0.25, 0.3) is 0 Å². The molecule has 0 aromatic heterocycles. The molecule has 0 saturated heterocycles. The lowest BCUT2D eigenvalue weighted by molar-refractivity contribution is -0.142. The van der Waals surface area contributed by atoms with Gasteiger partial charge in [-0.25, -0.2) is 0 Å². The van der Waals surface area contributed by atoms with Gasteiger partial charge in [-0.05, 0) is 43.4 Å². The monoisotopic (exact) mass is 238 g/mol. The molecule has 17 heavy (non-hydrogen) atoms. The van der Waals surface area contributed by atoms with E-state index in [1.807, 2.05) is 0 Å². The van der Waals surface area contributed by atoms with Gasteiger partial charge in [0.2, 0.25) is 0 Å². The van der Waals surface area contributed by atoms with Crippen molar-refractivity contribution in [2.45, 2.75) is 53.9 Å². The maximum absolute atomic E-state index is 10.7. The third-order valence-corrected chi connectivity index (χ3v) is 4.32. The molecule has 0 N–H and O–H groups in total. The predicted octanol–water partition coefficient (Wildman–Crippen LogP) is 3.96. The lowest BCUT2D eigenvalue weighted by Crippen LogP contribution is -2.45. The molecule has 1 saturated carbocycles. The third-order valence-electron chi connectivity index (χ3n) is 4.32. The van der Waals surface area contributed by atoms with Gasteiger partial charge in [-0.2, -0.15) is 0 Å². The van der Waals surface area contributed by atoms with Crippen LogP contribution in [0, 0.1) is 17.3 Å². The Kier molecular flexibility index (Phi) is 4.79. The van der Waals surface area contributed by atoms with E-state index < -0.39 is 0 Å². The average Bonchev–Trinajstić information content (AvgIpc) is 2.22. The first-order chi connectivity index (χ1) is 7.89. The van der Waals surface area contributed by atoms with Gasteiger partial charge in [0.15, 0.2) is 0 Å². The summed E-state index contributed by atoms with van der Waals surface area (Å²) in [7, 11) is 0. The van der Waals surface area contributed by atoms with Gasteiger partial charge in [0.1, 0.15) is 0 Å². The van der Waals surface area contributed by atoms with E-state index in [4.69, 9.17) is 4.74 Å². The highest BCUT2D eigenvalue weighted by atomic mass is 16.5. The van der Waals surface area contributed by atoms with Gasteiger partial charge >= 0.3 is 5.97 Å². The molecule has 2 nitrogen and oxygen atoms in total. The zero-order chi connectivity index (χ0) is 13.1. The quantitative estimate of drug-likeness (QED) is 0.535. The van der Waals surface area contributed by atoms with Crippen LogP contribution in [0.2, 0.25) is 0 Å². The summed E-state index contributed by atoms with van der Waals surface area (Å²) in [5.74, 6) is 1.23. The van der Waals surface area contributed by atoms with Crippen LogP contribution in [0.3, 0.4) is 0 Å². The minimum Gasteiger partial charge on any atom is -0.466 e. The van der Waals surface area contributed by atoms with Crippen molar-refractivity contribution in [1.82, 2.24) is 0 Å². The van der Waals surface area contributed by atoms with Crippen molar-refractivity contribution in [3.8, 4) is 0 Å². The number of hydrogen-bond donors (Lipinski definition) is 0. The lowest BCUT2D eigenvalue weighted by atomic mass is 9.52. The first-order valence-electron chi connectivity index (χ1n) is 6.69. The van der Waals surface area contributed by atoms with E-state index in [-0.39, 0.29) is 5.97 Å². The highest BCUT2D eigenvalue weighted by molar-refractivity contribution is 5.65. The first kappa shape index (κ1) is 14.3. The van der Waals surface area contributed by atoms with Crippen molar-refractivity contribution in [1.29, 1.82) is 0 Å². The largest absolute Gasteiger partial charge is 0.466 e. The molecule has 0 heterocycles. The minimum absolute atomic E-state index is 0.166. The van der Waals surface area contributed by atoms with Gasteiger partial charge in [-0.1, -0.05) is 32.4 Å². The van der Waals surface area contributed by atoms with Crippen molar-refractivity contribution in [3.63, 3.8) is 0 Å². The average molecular weight is 238 g/mol. The molecule has 2 atom stereocenters.